The number of thiophene rings is 1. The highest BCUT2D eigenvalue weighted by atomic mass is 32.1. The number of benzene rings is 2. The summed E-state index contributed by atoms with van der Waals surface area (Å²) in [4.78, 5) is 52.8. The summed E-state index contributed by atoms with van der Waals surface area (Å²) in [7, 11) is 0. The van der Waals surface area contributed by atoms with E-state index in [2.05, 4.69) is 32.7 Å². The van der Waals surface area contributed by atoms with E-state index >= 15 is 0 Å². The van der Waals surface area contributed by atoms with Crippen molar-refractivity contribution in [2.75, 3.05) is 13.1 Å². The van der Waals surface area contributed by atoms with Gasteiger partial charge in [0, 0.05) is 35.8 Å². The maximum Gasteiger partial charge on any atom is 0.251 e. The van der Waals surface area contributed by atoms with Gasteiger partial charge in [-0.2, -0.15) is 5.26 Å². The van der Waals surface area contributed by atoms with Crippen LogP contribution in [0.2, 0.25) is 0 Å². The molecule has 0 radical (unpaired) electrons. The molecule has 0 aliphatic carbocycles. The van der Waals surface area contributed by atoms with E-state index in [4.69, 9.17) is 0 Å². The second-order valence-electron chi connectivity index (χ2n) is 11.5. The maximum absolute atomic E-state index is 13.6. The molecule has 4 amide bonds. The van der Waals surface area contributed by atoms with Crippen LogP contribution in [0.25, 0.3) is 11.1 Å². The standard InChI is InChI=1S/C35H44N6O4S/c1-7-28(20-38-23(6)32(42)41-31(21(3)4)35(45)37-8-2)40-34(44)27-17-25(29-14-15-46-30(29)19-36)16-26(18-27)33(43)39-22(5)24-12-10-9-11-13-24/h9-18,21-23,28,31,38H,7-8,20H2,1-6H3,(H,37,45)(H,39,43)(H,40,44)(H,41,42)/t22-,23+,28?,31+/m1/s1. The summed E-state index contributed by atoms with van der Waals surface area (Å²) in [5.41, 5.74) is 2.75. The van der Waals surface area contributed by atoms with E-state index in [1.165, 1.54) is 11.3 Å². The number of amides is 4. The van der Waals surface area contributed by atoms with Crippen LogP contribution in [0.15, 0.2) is 60.0 Å². The Morgan fingerprint density at radius 2 is 1.50 bits per heavy atom. The molecule has 0 spiro atoms. The number of nitrogens with zero attached hydrogens (tertiary/aromatic N) is 1. The van der Waals surface area contributed by atoms with Crippen LogP contribution in [-0.4, -0.2) is 54.8 Å². The van der Waals surface area contributed by atoms with Crippen molar-refractivity contribution in [3.8, 4) is 17.2 Å². The number of rotatable bonds is 15. The lowest BCUT2D eigenvalue weighted by Gasteiger charge is -2.25. The minimum Gasteiger partial charge on any atom is -0.355 e. The zero-order valence-corrected chi connectivity index (χ0v) is 28.1. The van der Waals surface area contributed by atoms with Crippen LogP contribution < -0.4 is 26.6 Å². The Morgan fingerprint density at radius 3 is 2.09 bits per heavy atom. The van der Waals surface area contributed by atoms with Gasteiger partial charge in [0.2, 0.25) is 11.8 Å². The number of nitrogens with one attached hydrogen (secondary N) is 5. The number of hydrogen-bond donors (Lipinski definition) is 5. The fourth-order valence-electron chi connectivity index (χ4n) is 4.85. The summed E-state index contributed by atoms with van der Waals surface area (Å²) < 4.78 is 0. The van der Waals surface area contributed by atoms with Crippen LogP contribution in [0.5, 0.6) is 0 Å². The van der Waals surface area contributed by atoms with Crippen molar-refractivity contribution >= 4 is 35.0 Å². The predicted octanol–water partition coefficient (Wildman–Crippen LogP) is 4.54. The number of nitriles is 1. The quantitative estimate of drug-likeness (QED) is 0.164. The third kappa shape index (κ3) is 9.73. The third-order valence-electron chi connectivity index (χ3n) is 7.67. The Bertz CT molecular complexity index is 1550. The Morgan fingerprint density at radius 1 is 0.848 bits per heavy atom. The molecule has 0 aliphatic heterocycles. The second kappa shape index (κ2) is 17.2. The fourth-order valence-corrected chi connectivity index (χ4v) is 5.55. The van der Waals surface area contributed by atoms with Crippen LogP contribution in [0.1, 0.15) is 85.2 Å². The summed E-state index contributed by atoms with van der Waals surface area (Å²) in [6.07, 6.45) is 0.575. The zero-order valence-electron chi connectivity index (χ0n) is 27.3. The summed E-state index contributed by atoms with van der Waals surface area (Å²) in [6, 6.07) is 16.6. The molecule has 0 bridgehead atoms. The number of carbonyl (C=O) groups excluding carboxylic acids is 4. The van der Waals surface area contributed by atoms with E-state index in [1.54, 1.807) is 36.6 Å². The molecule has 1 aromatic heterocycles. The molecule has 3 rings (SSSR count). The normalized spacial score (nSPS) is 13.5. The van der Waals surface area contributed by atoms with Gasteiger partial charge in [-0.05, 0) is 73.9 Å². The van der Waals surface area contributed by atoms with Crippen molar-refractivity contribution in [2.45, 2.75) is 72.1 Å². The van der Waals surface area contributed by atoms with Crippen LogP contribution >= 0.6 is 11.3 Å². The Hall–Kier alpha value is -4.53. The second-order valence-corrected chi connectivity index (χ2v) is 12.4. The summed E-state index contributed by atoms with van der Waals surface area (Å²) >= 11 is 1.29. The van der Waals surface area contributed by atoms with Gasteiger partial charge in [-0.3, -0.25) is 19.2 Å². The minimum absolute atomic E-state index is 0.0898. The molecule has 5 N–H and O–H groups in total. The van der Waals surface area contributed by atoms with Crippen molar-refractivity contribution in [3.63, 3.8) is 0 Å². The Kier molecular flexibility index (Phi) is 13.5. The molecule has 1 unspecified atom stereocenters. The Labute approximate surface area is 275 Å². The number of carbonyl (C=O) groups is 4. The lowest BCUT2D eigenvalue weighted by molar-refractivity contribution is -0.130. The first kappa shape index (κ1) is 35.9. The molecule has 10 nitrogen and oxygen atoms in total. The van der Waals surface area contributed by atoms with Gasteiger partial charge in [0.15, 0.2) is 0 Å². The van der Waals surface area contributed by atoms with Gasteiger partial charge in [0.05, 0.1) is 12.1 Å². The van der Waals surface area contributed by atoms with Gasteiger partial charge in [0.25, 0.3) is 11.8 Å². The monoisotopic (exact) mass is 644 g/mol. The van der Waals surface area contributed by atoms with Gasteiger partial charge in [-0.15, -0.1) is 11.3 Å². The molecule has 11 heteroatoms. The maximum atomic E-state index is 13.6. The molecule has 1 heterocycles. The molecular formula is C35H44N6O4S. The molecule has 244 valence electrons. The lowest BCUT2D eigenvalue weighted by Crippen LogP contribution is -2.55. The summed E-state index contributed by atoms with van der Waals surface area (Å²) in [6.45, 7) is 11.9. The molecule has 0 saturated carbocycles. The van der Waals surface area contributed by atoms with E-state index in [1.807, 2.05) is 65.0 Å². The van der Waals surface area contributed by atoms with Crippen molar-refractivity contribution < 1.29 is 19.2 Å². The van der Waals surface area contributed by atoms with Gasteiger partial charge in [-0.1, -0.05) is 51.1 Å². The molecular weight excluding hydrogens is 600 g/mol. The highest BCUT2D eigenvalue weighted by Crippen LogP contribution is 2.30. The fraction of sp³-hybridized carbons (Fsp3) is 0.400. The topological polar surface area (TPSA) is 152 Å². The van der Waals surface area contributed by atoms with Crippen LogP contribution in [-0.2, 0) is 9.59 Å². The van der Waals surface area contributed by atoms with Gasteiger partial charge < -0.3 is 26.6 Å². The van der Waals surface area contributed by atoms with E-state index in [-0.39, 0.29) is 47.2 Å². The smallest absolute Gasteiger partial charge is 0.251 e. The molecule has 46 heavy (non-hydrogen) atoms. The van der Waals surface area contributed by atoms with Crippen molar-refractivity contribution in [2.24, 2.45) is 5.92 Å². The molecule has 0 aliphatic rings. The van der Waals surface area contributed by atoms with Crippen molar-refractivity contribution in [3.05, 3.63) is 81.5 Å². The molecule has 2 aromatic carbocycles. The minimum atomic E-state index is -0.655. The first-order valence-electron chi connectivity index (χ1n) is 15.6. The van der Waals surface area contributed by atoms with Crippen LogP contribution in [0, 0.1) is 17.2 Å². The predicted molar refractivity (Wildman–Crippen MR) is 181 cm³/mol. The van der Waals surface area contributed by atoms with E-state index in [0.717, 1.165) is 5.56 Å². The first-order valence-corrected chi connectivity index (χ1v) is 16.5. The van der Waals surface area contributed by atoms with Crippen molar-refractivity contribution in [1.82, 2.24) is 26.6 Å². The average Bonchev–Trinajstić information content (AvgIpc) is 3.54. The van der Waals surface area contributed by atoms with Crippen molar-refractivity contribution in [1.29, 1.82) is 5.26 Å². The molecule has 0 fully saturated rings. The van der Waals surface area contributed by atoms with Gasteiger partial charge in [0.1, 0.15) is 17.0 Å². The number of hydrogen-bond acceptors (Lipinski definition) is 7. The first-order chi connectivity index (χ1) is 22.0. The number of likely N-dealkylation sites (N-methyl/N-ethyl adjacent to an activating group) is 1. The van der Waals surface area contributed by atoms with E-state index in [9.17, 15) is 24.4 Å². The Balaban J connectivity index is 1.76. The lowest BCUT2D eigenvalue weighted by atomic mass is 9.98. The summed E-state index contributed by atoms with van der Waals surface area (Å²) in [5, 5.41) is 26.2. The van der Waals surface area contributed by atoms with E-state index < -0.39 is 12.1 Å². The van der Waals surface area contributed by atoms with Crippen LogP contribution in [0.4, 0.5) is 0 Å². The highest BCUT2D eigenvalue weighted by Gasteiger charge is 2.26. The average molecular weight is 645 g/mol. The van der Waals surface area contributed by atoms with Gasteiger partial charge in [-0.25, -0.2) is 0 Å². The van der Waals surface area contributed by atoms with Gasteiger partial charge >= 0.3 is 0 Å². The van der Waals surface area contributed by atoms with E-state index in [0.29, 0.717) is 41.1 Å². The molecule has 4 atom stereocenters. The third-order valence-corrected chi connectivity index (χ3v) is 8.49. The summed E-state index contributed by atoms with van der Waals surface area (Å²) in [5.74, 6) is -1.37. The molecule has 0 saturated heterocycles. The zero-order chi connectivity index (χ0) is 33.8. The molecule has 3 aromatic rings. The highest BCUT2D eigenvalue weighted by molar-refractivity contribution is 7.11. The van der Waals surface area contributed by atoms with Crippen LogP contribution in [0.3, 0.4) is 0 Å². The SMILES string of the molecule is CCNC(=O)[C@@H](NC(=O)[C@H](C)NCC(CC)NC(=O)c1cc(C(=O)N[C@H](C)c2ccccc2)cc(-c2ccsc2C#N)c1)C(C)C. The largest absolute Gasteiger partial charge is 0.355 e.